The van der Waals surface area contributed by atoms with Gasteiger partial charge in [-0.05, 0) is 31.1 Å². The Kier molecular flexibility index (Phi) is 3.56. The molecule has 0 spiro atoms. The third-order valence-electron chi connectivity index (χ3n) is 5.29. The average molecular weight is 346 g/mol. The molecule has 3 nitrogen and oxygen atoms in total. The van der Waals surface area contributed by atoms with Gasteiger partial charge in [0.15, 0.2) is 5.79 Å². The average Bonchev–Trinajstić information content (AvgIpc) is 3.01. The second-order valence-corrected chi connectivity index (χ2v) is 7.53. The molecule has 2 fully saturated rings. The van der Waals surface area contributed by atoms with E-state index in [1.54, 1.807) is 0 Å². The van der Waals surface area contributed by atoms with E-state index in [1.165, 1.54) is 0 Å². The van der Waals surface area contributed by atoms with E-state index in [2.05, 4.69) is 60.7 Å². The van der Waals surface area contributed by atoms with Crippen LogP contribution in [-0.2, 0) is 14.2 Å². The van der Waals surface area contributed by atoms with E-state index in [1.807, 2.05) is 26.0 Å². The van der Waals surface area contributed by atoms with Crippen molar-refractivity contribution in [3.63, 3.8) is 0 Å². The highest BCUT2D eigenvalue weighted by molar-refractivity contribution is 5.82. The van der Waals surface area contributed by atoms with Crippen LogP contribution >= 0.6 is 0 Å². The molecule has 132 valence electrons. The predicted molar refractivity (Wildman–Crippen MR) is 100 cm³/mol. The second kappa shape index (κ2) is 5.83. The summed E-state index contributed by atoms with van der Waals surface area (Å²) in [6, 6.07) is 20.9. The summed E-state index contributed by atoms with van der Waals surface area (Å²) in [6.07, 6.45) is 4.18. The molecule has 0 saturated carbocycles. The van der Waals surface area contributed by atoms with Crippen LogP contribution in [0.25, 0.3) is 5.57 Å². The van der Waals surface area contributed by atoms with E-state index in [0.717, 1.165) is 22.5 Å². The van der Waals surface area contributed by atoms with Crippen molar-refractivity contribution in [2.24, 2.45) is 5.92 Å². The molecule has 3 aliphatic heterocycles. The van der Waals surface area contributed by atoms with Gasteiger partial charge in [0.2, 0.25) is 0 Å². The fourth-order valence-corrected chi connectivity index (χ4v) is 4.25. The number of hydrogen-bond acceptors (Lipinski definition) is 3. The molecule has 0 N–H and O–H groups in total. The van der Waals surface area contributed by atoms with Gasteiger partial charge in [-0.3, -0.25) is 0 Å². The quantitative estimate of drug-likeness (QED) is 0.747. The Morgan fingerprint density at radius 2 is 1.35 bits per heavy atom. The van der Waals surface area contributed by atoms with E-state index in [-0.39, 0.29) is 24.2 Å². The normalized spacial score (nSPS) is 30.8. The van der Waals surface area contributed by atoms with Crippen LogP contribution in [0.1, 0.15) is 25.0 Å². The monoisotopic (exact) mass is 346 g/mol. The van der Waals surface area contributed by atoms with Crippen LogP contribution in [0, 0.1) is 5.92 Å². The molecule has 2 saturated heterocycles. The lowest BCUT2D eigenvalue weighted by Gasteiger charge is -2.42. The first-order valence-electron chi connectivity index (χ1n) is 9.18. The summed E-state index contributed by atoms with van der Waals surface area (Å²) in [7, 11) is 0. The van der Waals surface area contributed by atoms with Crippen LogP contribution in [0.3, 0.4) is 0 Å². The smallest absolute Gasteiger partial charge is 0.164 e. The number of rotatable bonds is 2. The SMILES string of the molecule is CC1(C)OC2C3C=CC(C(=C(c4ccccc4)c4ccccc4)O3)C2O1. The van der Waals surface area contributed by atoms with Gasteiger partial charge in [0, 0.05) is 5.57 Å². The summed E-state index contributed by atoms with van der Waals surface area (Å²) >= 11 is 0. The molecule has 2 aromatic carbocycles. The first-order chi connectivity index (χ1) is 12.6. The molecule has 6 rings (SSSR count). The topological polar surface area (TPSA) is 27.7 Å². The lowest BCUT2D eigenvalue weighted by atomic mass is 9.80. The molecule has 0 aromatic heterocycles. The van der Waals surface area contributed by atoms with E-state index >= 15 is 0 Å². The molecule has 1 aliphatic carbocycles. The number of ether oxygens (including phenoxy) is 3. The summed E-state index contributed by atoms with van der Waals surface area (Å²) < 4.78 is 18.8. The van der Waals surface area contributed by atoms with Gasteiger partial charge in [-0.25, -0.2) is 0 Å². The van der Waals surface area contributed by atoms with Gasteiger partial charge >= 0.3 is 0 Å². The maximum absolute atomic E-state index is 6.45. The van der Waals surface area contributed by atoms with Gasteiger partial charge in [-0.1, -0.05) is 66.7 Å². The number of benzene rings is 2. The van der Waals surface area contributed by atoms with Gasteiger partial charge in [-0.15, -0.1) is 0 Å². The van der Waals surface area contributed by atoms with Gasteiger partial charge in [-0.2, -0.15) is 0 Å². The van der Waals surface area contributed by atoms with Crippen LogP contribution in [0.2, 0.25) is 0 Å². The van der Waals surface area contributed by atoms with Crippen molar-refractivity contribution in [2.75, 3.05) is 0 Å². The maximum atomic E-state index is 6.45. The third-order valence-corrected chi connectivity index (χ3v) is 5.29. The molecule has 3 heterocycles. The molecule has 26 heavy (non-hydrogen) atoms. The Bertz CT molecular complexity index is 825. The highest BCUT2D eigenvalue weighted by atomic mass is 16.8. The predicted octanol–water partition coefficient (Wildman–Crippen LogP) is 4.55. The number of hydrogen-bond donors (Lipinski definition) is 0. The summed E-state index contributed by atoms with van der Waals surface area (Å²) in [5.41, 5.74) is 3.45. The first-order valence-corrected chi connectivity index (χ1v) is 9.18. The Morgan fingerprint density at radius 3 is 1.96 bits per heavy atom. The van der Waals surface area contributed by atoms with Crippen molar-refractivity contribution in [2.45, 2.75) is 37.9 Å². The van der Waals surface area contributed by atoms with Crippen LogP contribution in [0.5, 0.6) is 0 Å². The molecule has 3 heteroatoms. The molecule has 0 radical (unpaired) electrons. The van der Waals surface area contributed by atoms with Crippen LogP contribution in [0.4, 0.5) is 0 Å². The summed E-state index contributed by atoms with van der Waals surface area (Å²) in [5, 5.41) is 0. The summed E-state index contributed by atoms with van der Waals surface area (Å²) in [5.74, 6) is 0.468. The molecule has 2 bridgehead atoms. The van der Waals surface area contributed by atoms with Crippen LogP contribution in [0.15, 0.2) is 78.6 Å². The first kappa shape index (κ1) is 15.9. The minimum absolute atomic E-state index is 0.00817. The zero-order chi connectivity index (χ0) is 17.7. The van der Waals surface area contributed by atoms with Gasteiger partial charge in [0.25, 0.3) is 0 Å². The van der Waals surface area contributed by atoms with Crippen molar-refractivity contribution in [1.29, 1.82) is 0 Å². The minimum atomic E-state index is -0.573. The molecule has 4 atom stereocenters. The van der Waals surface area contributed by atoms with Crippen LogP contribution < -0.4 is 0 Å². The van der Waals surface area contributed by atoms with E-state index in [4.69, 9.17) is 14.2 Å². The van der Waals surface area contributed by atoms with Crippen LogP contribution in [-0.4, -0.2) is 24.1 Å². The van der Waals surface area contributed by atoms with Crippen molar-refractivity contribution >= 4 is 5.57 Å². The molecule has 0 amide bonds. The Hall–Kier alpha value is -2.36. The van der Waals surface area contributed by atoms with E-state index in [0.29, 0.717) is 0 Å². The lowest BCUT2D eigenvalue weighted by molar-refractivity contribution is -0.149. The highest BCUT2D eigenvalue weighted by Crippen LogP contribution is 2.48. The summed E-state index contributed by atoms with van der Waals surface area (Å²) in [4.78, 5) is 0. The highest BCUT2D eigenvalue weighted by Gasteiger charge is 2.55. The lowest BCUT2D eigenvalue weighted by Crippen LogP contribution is -2.49. The van der Waals surface area contributed by atoms with Crippen molar-refractivity contribution in [1.82, 2.24) is 0 Å². The zero-order valence-electron chi connectivity index (χ0n) is 15.0. The van der Waals surface area contributed by atoms with E-state index < -0.39 is 5.79 Å². The largest absolute Gasteiger partial charge is 0.486 e. The molecule has 2 aromatic rings. The fraction of sp³-hybridized carbons (Fsp3) is 0.304. The minimum Gasteiger partial charge on any atom is -0.486 e. The zero-order valence-corrected chi connectivity index (χ0v) is 15.0. The maximum Gasteiger partial charge on any atom is 0.164 e. The van der Waals surface area contributed by atoms with Gasteiger partial charge < -0.3 is 14.2 Å². The van der Waals surface area contributed by atoms with Crippen molar-refractivity contribution < 1.29 is 14.2 Å². The van der Waals surface area contributed by atoms with Gasteiger partial charge in [0.1, 0.15) is 24.1 Å². The molecular weight excluding hydrogens is 324 g/mol. The van der Waals surface area contributed by atoms with Crippen molar-refractivity contribution in [3.8, 4) is 0 Å². The summed E-state index contributed by atoms with van der Waals surface area (Å²) in [6.45, 7) is 3.95. The second-order valence-electron chi connectivity index (χ2n) is 7.53. The Balaban J connectivity index is 1.67. The standard InChI is InChI=1S/C23H22O3/c1-23(2)25-21-17-13-14-18(22(21)26-23)24-20(17)19(15-9-5-3-6-10-15)16-11-7-4-8-12-16/h3-14,17-18,21-22H,1-2H3. The Labute approximate surface area is 153 Å². The molecule has 4 aliphatic rings. The Morgan fingerprint density at radius 1 is 0.769 bits per heavy atom. The van der Waals surface area contributed by atoms with Crippen molar-refractivity contribution in [3.05, 3.63) is 89.7 Å². The molecule has 4 unspecified atom stereocenters. The van der Waals surface area contributed by atoms with Gasteiger partial charge in [0.05, 0.1) is 5.92 Å². The van der Waals surface area contributed by atoms with E-state index in [9.17, 15) is 0 Å². The number of fused-ring (bicyclic) bond motifs is 1. The fourth-order valence-electron chi connectivity index (χ4n) is 4.25. The molecular formula is C23H22O3. The third kappa shape index (κ3) is 2.51.